The van der Waals surface area contributed by atoms with Gasteiger partial charge in [0.1, 0.15) is 3.70 Å². The maximum atomic E-state index is 12.2. The molecular formula is C7H2F6INS. The average Bonchev–Trinajstić information content (AvgIpc) is 2.04. The second kappa shape index (κ2) is 4.59. The van der Waals surface area contributed by atoms with Crippen LogP contribution in [0.25, 0.3) is 0 Å². The Morgan fingerprint density at radius 2 is 1.69 bits per heavy atom. The molecule has 0 radical (unpaired) electrons. The van der Waals surface area contributed by atoms with Crippen LogP contribution in [-0.2, 0) is 6.18 Å². The van der Waals surface area contributed by atoms with Crippen molar-refractivity contribution in [3.8, 4) is 0 Å². The van der Waals surface area contributed by atoms with Gasteiger partial charge in [0.05, 0.1) is 5.56 Å². The fourth-order valence-corrected chi connectivity index (χ4v) is 1.98. The van der Waals surface area contributed by atoms with Crippen molar-refractivity contribution in [1.82, 2.24) is 4.98 Å². The van der Waals surface area contributed by atoms with Gasteiger partial charge in [-0.25, -0.2) is 4.98 Å². The Balaban J connectivity index is 3.10. The van der Waals surface area contributed by atoms with Gasteiger partial charge in [-0.2, -0.15) is 26.3 Å². The van der Waals surface area contributed by atoms with Gasteiger partial charge in [0.2, 0.25) is 0 Å². The number of aromatic nitrogens is 1. The van der Waals surface area contributed by atoms with Crippen molar-refractivity contribution < 1.29 is 26.3 Å². The van der Waals surface area contributed by atoms with Crippen LogP contribution in [0.15, 0.2) is 17.2 Å². The lowest BCUT2D eigenvalue weighted by molar-refractivity contribution is -0.138. The molecular weight excluding hydrogens is 371 g/mol. The van der Waals surface area contributed by atoms with Crippen LogP contribution >= 0.6 is 34.4 Å². The van der Waals surface area contributed by atoms with Gasteiger partial charge >= 0.3 is 11.7 Å². The van der Waals surface area contributed by atoms with Gasteiger partial charge in [-0.3, -0.25) is 0 Å². The minimum Gasteiger partial charge on any atom is -0.249 e. The molecule has 0 amide bonds. The van der Waals surface area contributed by atoms with Gasteiger partial charge in [0, 0.05) is 11.1 Å². The van der Waals surface area contributed by atoms with Crippen LogP contribution in [0.1, 0.15) is 5.56 Å². The summed E-state index contributed by atoms with van der Waals surface area (Å²) in [5, 5.41) is 0. The van der Waals surface area contributed by atoms with Crippen molar-refractivity contribution in [3.05, 3.63) is 21.5 Å². The van der Waals surface area contributed by atoms with Crippen LogP contribution in [0, 0.1) is 3.70 Å². The normalized spacial score (nSPS) is 12.9. The molecule has 0 atom stereocenters. The molecule has 90 valence electrons. The molecule has 9 heteroatoms. The molecule has 0 unspecified atom stereocenters. The number of rotatable bonds is 1. The lowest BCUT2D eigenvalue weighted by atomic mass is 10.3. The van der Waals surface area contributed by atoms with Crippen molar-refractivity contribution in [2.45, 2.75) is 16.6 Å². The number of nitrogens with zero attached hydrogens (tertiary/aromatic N) is 1. The second-order valence-electron chi connectivity index (χ2n) is 2.56. The molecule has 0 fully saturated rings. The Bertz CT molecular complexity index is 387. The van der Waals surface area contributed by atoms with Crippen LogP contribution in [0.5, 0.6) is 0 Å². The molecule has 0 saturated heterocycles. The van der Waals surface area contributed by atoms with Gasteiger partial charge in [-0.05, 0) is 40.4 Å². The van der Waals surface area contributed by atoms with E-state index >= 15 is 0 Å². The van der Waals surface area contributed by atoms with Gasteiger partial charge in [0.15, 0.2) is 0 Å². The van der Waals surface area contributed by atoms with E-state index in [1.807, 2.05) is 0 Å². The summed E-state index contributed by atoms with van der Waals surface area (Å²) in [5.74, 6) is 0. The summed E-state index contributed by atoms with van der Waals surface area (Å²) >= 11 is 0.834. The molecule has 0 saturated carbocycles. The predicted molar refractivity (Wildman–Crippen MR) is 53.9 cm³/mol. The fraction of sp³-hybridized carbons (Fsp3) is 0.286. The minimum atomic E-state index is -4.70. The number of hydrogen-bond acceptors (Lipinski definition) is 2. The molecule has 0 aromatic carbocycles. The third kappa shape index (κ3) is 4.00. The molecule has 0 aliphatic carbocycles. The largest absolute Gasteiger partial charge is 0.446 e. The van der Waals surface area contributed by atoms with Gasteiger partial charge in [-0.15, -0.1) is 0 Å². The van der Waals surface area contributed by atoms with Crippen LogP contribution in [-0.4, -0.2) is 10.5 Å². The monoisotopic (exact) mass is 373 g/mol. The molecule has 1 heterocycles. The summed E-state index contributed by atoms with van der Waals surface area (Å²) < 4.78 is 72.5. The molecule has 1 aromatic rings. The highest BCUT2D eigenvalue weighted by Gasteiger charge is 2.35. The van der Waals surface area contributed by atoms with Crippen LogP contribution in [0.4, 0.5) is 26.3 Å². The van der Waals surface area contributed by atoms with E-state index in [0.29, 0.717) is 12.3 Å². The quantitative estimate of drug-likeness (QED) is 0.315. The van der Waals surface area contributed by atoms with E-state index in [0.717, 1.165) is 0 Å². The minimum absolute atomic E-state index is 0.118. The van der Waals surface area contributed by atoms with E-state index in [4.69, 9.17) is 0 Å². The maximum absolute atomic E-state index is 12.2. The van der Waals surface area contributed by atoms with Crippen LogP contribution in [0.2, 0.25) is 0 Å². The van der Waals surface area contributed by atoms with E-state index in [2.05, 4.69) is 4.98 Å². The second-order valence-corrected chi connectivity index (χ2v) is 4.69. The number of alkyl halides is 6. The average molecular weight is 373 g/mol. The molecule has 1 nitrogen and oxygen atoms in total. The lowest BCUT2D eigenvalue weighted by Crippen LogP contribution is -2.08. The summed E-state index contributed by atoms with van der Waals surface area (Å²) in [6, 6.07) is 0.437. The molecule has 0 aliphatic heterocycles. The maximum Gasteiger partial charge on any atom is 0.446 e. The number of halogens is 7. The summed E-state index contributed by atoms with van der Waals surface area (Å²) in [5.41, 5.74) is -5.83. The van der Waals surface area contributed by atoms with Crippen LogP contribution in [0.3, 0.4) is 0 Å². The first kappa shape index (κ1) is 13.9. The number of thioether (sulfide) groups is 1. The molecule has 0 N–H and O–H groups in total. The highest BCUT2D eigenvalue weighted by atomic mass is 127. The first-order valence-corrected chi connectivity index (χ1v) is 5.47. The zero-order chi connectivity index (χ0) is 12.6. The Hall–Kier alpha value is -0.190. The molecule has 16 heavy (non-hydrogen) atoms. The molecule has 1 aromatic heterocycles. The lowest BCUT2D eigenvalue weighted by Gasteiger charge is -2.10. The SMILES string of the molecule is FC(F)(F)Sc1cc(C(F)(F)F)cnc1I. The molecule has 0 aliphatic rings. The third-order valence-electron chi connectivity index (χ3n) is 1.36. The van der Waals surface area contributed by atoms with E-state index in [-0.39, 0.29) is 3.70 Å². The zero-order valence-corrected chi connectivity index (χ0v) is 10.1. The highest BCUT2D eigenvalue weighted by molar-refractivity contribution is 14.1. The predicted octanol–water partition coefficient (Wildman–Crippen LogP) is 4.32. The van der Waals surface area contributed by atoms with Gasteiger partial charge < -0.3 is 0 Å². The Labute approximate surface area is 104 Å². The van der Waals surface area contributed by atoms with E-state index < -0.39 is 33.9 Å². The highest BCUT2D eigenvalue weighted by Crippen LogP contribution is 2.40. The van der Waals surface area contributed by atoms with E-state index in [1.165, 1.54) is 22.6 Å². The summed E-state index contributed by atoms with van der Waals surface area (Å²) in [4.78, 5) is 2.72. The van der Waals surface area contributed by atoms with Crippen molar-refractivity contribution >= 4 is 34.4 Å². The van der Waals surface area contributed by atoms with Crippen molar-refractivity contribution in [3.63, 3.8) is 0 Å². The van der Waals surface area contributed by atoms with Gasteiger partial charge in [0.25, 0.3) is 0 Å². The molecule has 1 rings (SSSR count). The van der Waals surface area contributed by atoms with E-state index in [1.54, 1.807) is 0 Å². The van der Waals surface area contributed by atoms with Gasteiger partial charge in [-0.1, -0.05) is 0 Å². The van der Waals surface area contributed by atoms with Crippen molar-refractivity contribution in [2.24, 2.45) is 0 Å². The number of hydrogen-bond donors (Lipinski definition) is 0. The Morgan fingerprint density at radius 1 is 1.12 bits per heavy atom. The first-order valence-electron chi connectivity index (χ1n) is 3.58. The molecule has 0 bridgehead atoms. The summed E-state index contributed by atoms with van der Waals surface area (Å²) in [7, 11) is 0. The Kier molecular flexibility index (Phi) is 3.98. The zero-order valence-electron chi connectivity index (χ0n) is 7.16. The summed E-state index contributed by atoms with van der Waals surface area (Å²) in [6.45, 7) is 0. The Morgan fingerprint density at radius 3 is 2.12 bits per heavy atom. The van der Waals surface area contributed by atoms with Crippen molar-refractivity contribution in [1.29, 1.82) is 0 Å². The van der Waals surface area contributed by atoms with Crippen LogP contribution < -0.4 is 0 Å². The third-order valence-corrected chi connectivity index (χ3v) is 3.35. The standard InChI is InChI=1S/C7H2F6INS/c8-6(9,10)3-1-4(5(14)15-2-3)16-7(11,12)13/h1-2H. The smallest absolute Gasteiger partial charge is 0.249 e. The molecule has 0 spiro atoms. The first-order chi connectivity index (χ1) is 7.09. The number of pyridine rings is 1. The van der Waals surface area contributed by atoms with E-state index in [9.17, 15) is 26.3 Å². The van der Waals surface area contributed by atoms with Crippen molar-refractivity contribution in [2.75, 3.05) is 0 Å². The topological polar surface area (TPSA) is 12.9 Å². The fourth-order valence-electron chi connectivity index (χ4n) is 0.779. The summed E-state index contributed by atoms with van der Waals surface area (Å²) in [6.07, 6.45) is -4.19.